The number of carbonyl (C=O) groups is 1. The molecule has 3 aliphatic rings. The minimum atomic E-state index is -0.926. The van der Waals surface area contributed by atoms with Gasteiger partial charge in [-0.3, -0.25) is 20.2 Å². The van der Waals surface area contributed by atoms with Gasteiger partial charge in [0.1, 0.15) is 12.0 Å². The smallest absolute Gasteiger partial charge is 0.324 e. The molecule has 2 fully saturated rings. The SMILES string of the molecule is CC[C@H](F)CNC1N=CC(c2ccc(N3CCN(C)C3=O)cn2)=C(NC2CCC(O)CC2)N1. The van der Waals surface area contributed by atoms with E-state index in [9.17, 15) is 14.3 Å². The molecule has 1 aromatic heterocycles. The van der Waals surface area contributed by atoms with Crippen molar-refractivity contribution < 1.29 is 14.3 Å². The van der Waals surface area contributed by atoms with Crippen molar-refractivity contribution in [3.05, 3.63) is 29.8 Å². The summed E-state index contributed by atoms with van der Waals surface area (Å²) in [4.78, 5) is 24.8. The van der Waals surface area contributed by atoms with Crippen LogP contribution in [0.5, 0.6) is 0 Å². The van der Waals surface area contributed by atoms with Gasteiger partial charge in [0.2, 0.25) is 0 Å². The first-order valence-electron chi connectivity index (χ1n) is 11.8. The Kier molecular flexibility index (Phi) is 7.44. The molecule has 180 valence electrons. The van der Waals surface area contributed by atoms with Crippen molar-refractivity contribution in [2.75, 3.05) is 31.6 Å². The minimum absolute atomic E-state index is 0.0290. The maximum absolute atomic E-state index is 13.7. The highest BCUT2D eigenvalue weighted by molar-refractivity contribution is 6.10. The lowest BCUT2D eigenvalue weighted by atomic mass is 9.93. The van der Waals surface area contributed by atoms with E-state index in [1.807, 2.05) is 19.1 Å². The van der Waals surface area contributed by atoms with Crippen molar-refractivity contribution in [2.24, 2.45) is 4.99 Å². The number of nitrogens with zero attached hydrogens (tertiary/aromatic N) is 4. The number of rotatable bonds is 8. The third-order valence-electron chi connectivity index (χ3n) is 6.48. The van der Waals surface area contributed by atoms with Crippen LogP contribution in [0.1, 0.15) is 44.7 Å². The average Bonchev–Trinajstić information content (AvgIpc) is 3.17. The van der Waals surface area contributed by atoms with E-state index >= 15 is 0 Å². The Balaban J connectivity index is 1.52. The molecule has 1 unspecified atom stereocenters. The van der Waals surface area contributed by atoms with Gasteiger partial charge in [0.25, 0.3) is 0 Å². The summed E-state index contributed by atoms with van der Waals surface area (Å²) in [6.45, 7) is 3.37. The average molecular weight is 460 g/mol. The van der Waals surface area contributed by atoms with E-state index in [0.29, 0.717) is 19.5 Å². The van der Waals surface area contributed by atoms with Crippen LogP contribution in [0.15, 0.2) is 29.1 Å². The number of aromatic nitrogens is 1. The normalized spacial score (nSPS) is 26.5. The fourth-order valence-electron chi connectivity index (χ4n) is 4.28. The third kappa shape index (κ3) is 5.62. The number of carbonyl (C=O) groups excluding carboxylic acids is 1. The van der Waals surface area contributed by atoms with Crippen LogP contribution in [0.3, 0.4) is 0 Å². The second-order valence-electron chi connectivity index (χ2n) is 8.93. The number of aliphatic hydroxyl groups is 1. The van der Waals surface area contributed by atoms with E-state index in [4.69, 9.17) is 0 Å². The molecular weight excluding hydrogens is 425 g/mol. The molecule has 0 bridgehead atoms. The van der Waals surface area contributed by atoms with Gasteiger partial charge in [0, 0.05) is 38.9 Å². The number of pyridine rings is 1. The molecule has 4 rings (SSSR count). The first-order chi connectivity index (χ1) is 15.9. The van der Waals surface area contributed by atoms with Gasteiger partial charge in [-0.25, -0.2) is 9.18 Å². The molecular formula is C23H34FN7O2. The molecule has 1 saturated heterocycles. The summed E-state index contributed by atoms with van der Waals surface area (Å²) in [5.74, 6) is 0.785. The standard InChI is InChI=1S/C23H34FN7O2/c1-3-15(24)12-26-22-27-14-19(21(29-22)28-16-4-7-18(32)8-5-16)20-9-6-17(13-25-20)31-11-10-30(2)23(31)33/h6,9,13-16,18,22,26,28-29,32H,3-5,7-8,10-12H2,1-2H3/t15-,16?,18?,22?/m0/s1. The molecule has 0 radical (unpaired) electrons. The Morgan fingerprint density at radius 1 is 1.27 bits per heavy atom. The molecule has 33 heavy (non-hydrogen) atoms. The first kappa shape index (κ1) is 23.4. The van der Waals surface area contributed by atoms with Crippen molar-refractivity contribution in [3.8, 4) is 0 Å². The number of urea groups is 1. The fourth-order valence-corrected chi connectivity index (χ4v) is 4.28. The second kappa shape index (κ2) is 10.5. The van der Waals surface area contributed by atoms with E-state index in [0.717, 1.165) is 48.5 Å². The molecule has 3 heterocycles. The van der Waals surface area contributed by atoms with Gasteiger partial charge in [0.15, 0.2) is 6.29 Å². The summed E-state index contributed by atoms with van der Waals surface area (Å²) in [6, 6.07) is 3.98. The molecule has 1 aliphatic carbocycles. The highest BCUT2D eigenvalue weighted by Gasteiger charge is 2.28. The molecule has 1 aromatic rings. The number of amides is 2. The van der Waals surface area contributed by atoms with Crippen molar-refractivity contribution >= 4 is 23.5 Å². The number of halogens is 1. The second-order valence-corrected chi connectivity index (χ2v) is 8.93. The zero-order valence-corrected chi connectivity index (χ0v) is 19.3. The van der Waals surface area contributed by atoms with Crippen LogP contribution in [0.2, 0.25) is 0 Å². The predicted molar refractivity (Wildman–Crippen MR) is 127 cm³/mol. The van der Waals surface area contributed by atoms with Crippen LogP contribution < -0.4 is 20.9 Å². The number of hydrogen-bond acceptors (Lipinski definition) is 7. The maximum Gasteiger partial charge on any atom is 0.324 e. The van der Waals surface area contributed by atoms with Gasteiger partial charge in [-0.05, 0) is 44.2 Å². The molecule has 0 aromatic carbocycles. The zero-order chi connectivity index (χ0) is 23.4. The molecule has 2 atom stereocenters. The topological polar surface area (TPSA) is 105 Å². The summed E-state index contributed by atoms with van der Waals surface area (Å²) < 4.78 is 13.7. The quantitative estimate of drug-likeness (QED) is 0.473. The van der Waals surface area contributed by atoms with Crippen LogP contribution in [0.25, 0.3) is 5.57 Å². The van der Waals surface area contributed by atoms with Crippen molar-refractivity contribution in [1.29, 1.82) is 0 Å². The Morgan fingerprint density at radius 2 is 2.06 bits per heavy atom. The number of aliphatic imine (C=N–C) groups is 1. The first-order valence-corrected chi connectivity index (χ1v) is 11.8. The number of hydrogen-bond donors (Lipinski definition) is 4. The largest absolute Gasteiger partial charge is 0.393 e. The van der Waals surface area contributed by atoms with Gasteiger partial charge in [-0.2, -0.15) is 0 Å². The van der Waals surface area contributed by atoms with Gasteiger partial charge in [-0.15, -0.1) is 0 Å². The lowest BCUT2D eigenvalue weighted by Gasteiger charge is -2.32. The highest BCUT2D eigenvalue weighted by atomic mass is 19.1. The Hall–Kier alpha value is -2.72. The number of nitrogens with one attached hydrogen (secondary N) is 3. The maximum atomic E-state index is 13.7. The Bertz CT molecular complexity index is 883. The van der Waals surface area contributed by atoms with Crippen molar-refractivity contribution in [2.45, 2.75) is 63.6 Å². The van der Waals surface area contributed by atoms with Crippen LogP contribution >= 0.6 is 0 Å². The molecule has 4 N–H and O–H groups in total. The van der Waals surface area contributed by atoms with Crippen LogP contribution in [0.4, 0.5) is 14.9 Å². The number of likely N-dealkylation sites (N-methyl/N-ethyl adjacent to an activating group) is 1. The van der Waals surface area contributed by atoms with Crippen molar-refractivity contribution in [1.82, 2.24) is 25.8 Å². The summed E-state index contributed by atoms with van der Waals surface area (Å²) in [5, 5.41) is 19.8. The molecule has 10 heteroatoms. The molecule has 2 amide bonds. The van der Waals surface area contributed by atoms with Crippen LogP contribution in [-0.2, 0) is 0 Å². The molecule has 9 nitrogen and oxygen atoms in total. The van der Waals surface area contributed by atoms with E-state index in [2.05, 4.69) is 25.9 Å². The van der Waals surface area contributed by atoms with E-state index < -0.39 is 12.5 Å². The van der Waals surface area contributed by atoms with Gasteiger partial charge >= 0.3 is 6.03 Å². The van der Waals surface area contributed by atoms with Gasteiger partial charge in [-0.1, -0.05) is 6.92 Å². The van der Waals surface area contributed by atoms with E-state index in [-0.39, 0.29) is 24.7 Å². The number of anilines is 1. The molecule has 1 saturated carbocycles. The molecule has 2 aliphatic heterocycles. The Labute approximate surface area is 194 Å². The lowest BCUT2D eigenvalue weighted by molar-refractivity contribution is 0.118. The minimum Gasteiger partial charge on any atom is -0.393 e. The predicted octanol–water partition coefficient (Wildman–Crippen LogP) is 1.81. The third-order valence-corrected chi connectivity index (χ3v) is 6.48. The lowest BCUT2D eigenvalue weighted by Crippen LogP contribution is -2.49. The summed E-state index contributed by atoms with van der Waals surface area (Å²) in [5.41, 5.74) is 2.30. The fraction of sp³-hybridized carbons (Fsp3) is 0.609. The zero-order valence-electron chi connectivity index (χ0n) is 19.3. The van der Waals surface area contributed by atoms with Crippen LogP contribution in [-0.4, -0.2) is 78.5 Å². The number of aliphatic hydroxyl groups excluding tert-OH is 1. The van der Waals surface area contributed by atoms with E-state index in [1.165, 1.54) is 0 Å². The highest BCUT2D eigenvalue weighted by Crippen LogP contribution is 2.24. The monoisotopic (exact) mass is 459 g/mol. The van der Waals surface area contributed by atoms with Gasteiger partial charge < -0.3 is 20.6 Å². The summed E-state index contributed by atoms with van der Waals surface area (Å²) in [7, 11) is 1.79. The van der Waals surface area contributed by atoms with E-state index in [1.54, 1.807) is 29.3 Å². The van der Waals surface area contributed by atoms with Crippen LogP contribution in [0, 0.1) is 0 Å². The molecule has 0 spiro atoms. The Morgan fingerprint density at radius 3 is 2.70 bits per heavy atom. The van der Waals surface area contributed by atoms with Gasteiger partial charge in [0.05, 0.1) is 29.3 Å². The summed E-state index contributed by atoms with van der Waals surface area (Å²) in [6.07, 6.45) is 5.59. The number of alkyl halides is 1. The number of allylic oxidation sites excluding steroid dienone is 1. The summed E-state index contributed by atoms with van der Waals surface area (Å²) >= 11 is 0. The van der Waals surface area contributed by atoms with Crippen molar-refractivity contribution in [3.63, 3.8) is 0 Å².